The van der Waals surface area contributed by atoms with Crippen LogP contribution in [0.25, 0.3) is 0 Å². The van der Waals surface area contributed by atoms with Crippen LogP contribution in [0, 0.1) is 0 Å². The van der Waals surface area contributed by atoms with E-state index in [1.165, 1.54) is 295 Å². The predicted molar refractivity (Wildman–Crippen MR) is 342 cm³/mol. The van der Waals surface area contributed by atoms with Gasteiger partial charge >= 0.3 is 5.97 Å². The lowest BCUT2D eigenvalue weighted by atomic mass is 10.0. The third kappa shape index (κ3) is 63.0. The van der Waals surface area contributed by atoms with Gasteiger partial charge in [-0.05, 0) is 89.9 Å². The van der Waals surface area contributed by atoms with Gasteiger partial charge in [-0.15, -0.1) is 0 Å². The van der Waals surface area contributed by atoms with Gasteiger partial charge in [-0.1, -0.05) is 319 Å². The van der Waals surface area contributed by atoms with Crippen molar-refractivity contribution < 1.29 is 24.5 Å². The number of rotatable bonds is 65. The van der Waals surface area contributed by atoms with Crippen molar-refractivity contribution in [3.05, 3.63) is 48.6 Å². The molecule has 0 radical (unpaired) electrons. The molecule has 3 N–H and O–H groups in total. The fourth-order valence-corrected chi connectivity index (χ4v) is 10.7. The maximum atomic E-state index is 12.5. The maximum Gasteiger partial charge on any atom is 0.305 e. The molecule has 0 aromatic heterocycles. The number of hydrogen-bond acceptors (Lipinski definition) is 5. The van der Waals surface area contributed by atoms with Crippen molar-refractivity contribution in [1.29, 1.82) is 0 Å². The molecule has 1 amide bonds. The minimum atomic E-state index is -0.843. The predicted octanol–water partition coefficient (Wildman–Crippen LogP) is 22.5. The Hall–Kier alpha value is -2.18. The summed E-state index contributed by atoms with van der Waals surface area (Å²) in [5, 5.41) is 23.1. The molecule has 0 fully saturated rings. The first-order valence-electron chi connectivity index (χ1n) is 34.9. The third-order valence-corrected chi connectivity index (χ3v) is 16.1. The van der Waals surface area contributed by atoms with Crippen LogP contribution in [0.4, 0.5) is 0 Å². The number of unbranched alkanes of at least 4 members (excludes halogenated alkanes) is 48. The highest BCUT2D eigenvalue weighted by atomic mass is 16.5. The Bertz CT molecular complexity index is 1310. The summed E-state index contributed by atoms with van der Waals surface area (Å²) >= 11 is 0. The molecule has 6 nitrogen and oxygen atoms in total. The second kappa shape index (κ2) is 67.3. The zero-order valence-corrected chi connectivity index (χ0v) is 52.4. The van der Waals surface area contributed by atoms with Gasteiger partial charge < -0.3 is 20.3 Å². The number of allylic oxidation sites excluding steroid dienone is 7. The summed E-state index contributed by atoms with van der Waals surface area (Å²) in [5.41, 5.74) is 0. The molecule has 0 aliphatic rings. The summed E-state index contributed by atoms with van der Waals surface area (Å²) in [5.74, 6) is -0.0533. The number of carbonyl (C=O) groups excluding carboxylic acids is 2. The summed E-state index contributed by atoms with van der Waals surface area (Å²) in [6.45, 7) is 4.89. The third-order valence-electron chi connectivity index (χ3n) is 16.1. The second-order valence-corrected chi connectivity index (χ2v) is 23.9. The van der Waals surface area contributed by atoms with E-state index in [1.54, 1.807) is 6.08 Å². The highest BCUT2D eigenvalue weighted by Gasteiger charge is 2.18. The summed E-state index contributed by atoms with van der Waals surface area (Å²) < 4.78 is 5.51. The van der Waals surface area contributed by atoms with Gasteiger partial charge in [-0.2, -0.15) is 0 Å². The lowest BCUT2D eigenvalue weighted by Crippen LogP contribution is -2.45. The molecule has 6 heteroatoms. The number of esters is 1. The number of carbonyl (C=O) groups is 2. The number of aliphatic hydroxyl groups excluding tert-OH is 2. The van der Waals surface area contributed by atoms with Crippen LogP contribution in [-0.2, 0) is 14.3 Å². The number of hydrogen-bond donors (Lipinski definition) is 3. The standard InChI is InChI=1S/C72H135NO5/c1-3-5-7-9-11-13-15-17-18-19-32-36-39-42-46-50-54-58-62-66-72(77)78-67-63-59-55-51-47-43-40-37-34-31-29-27-25-23-21-20-22-24-26-28-30-33-35-38-41-45-49-53-57-61-65-71(76)73-69(68-74)70(75)64-60-56-52-48-44-16-14-12-10-8-6-4-2/h11,13,17-18,21,23,60,64,69-70,74-75H,3-10,12,14-16,19-20,22,24-59,61-63,65-68H2,1-2H3,(H,73,76)/b13-11-,18-17-,23-21-,64-60+. The maximum absolute atomic E-state index is 12.5. The second-order valence-electron chi connectivity index (χ2n) is 23.9. The highest BCUT2D eigenvalue weighted by Crippen LogP contribution is 2.18. The van der Waals surface area contributed by atoms with E-state index in [-0.39, 0.29) is 18.5 Å². The van der Waals surface area contributed by atoms with Crippen molar-refractivity contribution in [3.8, 4) is 0 Å². The van der Waals surface area contributed by atoms with Crippen LogP contribution in [0.2, 0.25) is 0 Å². The minimum absolute atomic E-state index is 0.0130. The lowest BCUT2D eigenvalue weighted by Gasteiger charge is -2.20. The van der Waals surface area contributed by atoms with Crippen molar-refractivity contribution in [2.45, 2.75) is 386 Å². The Morgan fingerprint density at radius 3 is 1.01 bits per heavy atom. The van der Waals surface area contributed by atoms with Crippen molar-refractivity contribution in [1.82, 2.24) is 5.32 Å². The molecular weight excluding hydrogens is 959 g/mol. The Morgan fingerprint density at radius 1 is 0.359 bits per heavy atom. The molecule has 0 rings (SSSR count). The largest absolute Gasteiger partial charge is 0.466 e. The summed E-state index contributed by atoms with van der Waals surface area (Å²) in [6, 6.07) is -0.626. The molecule has 0 saturated carbocycles. The van der Waals surface area contributed by atoms with Crippen LogP contribution in [0.15, 0.2) is 48.6 Å². The molecule has 0 aliphatic carbocycles. The molecule has 0 aromatic carbocycles. The number of ether oxygens (including phenoxy) is 1. The van der Waals surface area contributed by atoms with Crippen LogP contribution in [-0.4, -0.2) is 47.4 Å². The first-order chi connectivity index (χ1) is 38.5. The van der Waals surface area contributed by atoms with E-state index in [0.717, 1.165) is 51.4 Å². The van der Waals surface area contributed by atoms with Gasteiger partial charge in [-0.25, -0.2) is 0 Å². The first-order valence-corrected chi connectivity index (χ1v) is 34.9. The zero-order chi connectivity index (χ0) is 56.4. The Balaban J connectivity index is 3.36. The molecular formula is C72H135NO5. The van der Waals surface area contributed by atoms with E-state index < -0.39 is 12.1 Å². The minimum Gasteiger partial charge on any atom is -0.466 e. The average molecular weight is 1090 g/mol. The Labute approximate surface area is 486 Å². The van der Waals surface area contributed by atoms with Crippen molar-refractivity contribution in [2.75, 3.05) is 13.2 Å². The Morgan fingerprint density at radius 2 is 0.641 bits per heavy atom. The molecule has 458 valence electrons. The molecule has 0 bridgehead atoms. The number of nitrogens with one attached hydrogen (secondary N) is 1. The van der Waals surface area contributed by atoms with Gasteiger partial charge in [0.2, 0.25) is 5.91 Å². The fourth-order valence-electron chi connectivity index (χ4n) is 10.7. The van der Waals surface area contributed by atoms with E-state index in [4.69, 9.17) is 4.74 Å². The van der Waals surface area contributed by atoms with Gasteiger partial charge in [0.15, 0.2) is 0 Å². The van der Waals surface area contributed by atoms with Gasteiger partial charge in [-0.3, -0.25) is 9.59 Å². The smallest absolute Gasteiger partial charge is 0.305 e. The van der Waals surface area contributed by atoms with E-state index in [0.29, 0.717) is 19.4 Å². The topological polar surface area (TPSA) is 95.9 Å². The number of aliphatic hydroxyl groups is 2. The SMILES string of the molecule is CCCCC/C=C\C/C=C\CCCCCCCCCCCC(=O)OCCCCCCCCCCCCCC/C=C\CCCCCCCCCCCCCCCCC(=O)NC(CO)C(O)/C=C/CCCCCCCCCCCC. The molecule has 2 atom stereocenters. The van der Waals surface area contributed by atoms with Crippen LogP contribution in [0.1, 0.15) is 373 Å². The van der Waals surface area contributed by atoms with Gasteiger partial charge in [0.25, 0.3) is 0 Å². The molecule has 0 aliphatic heterocycles. The van der Waals surface area contributed by atoms with Crippen molar-refractivity contribution in [3.63, 3.8) is 0 Å². The highest BCUT2D eigenvalue weighted by molar-refractivity contribution is 5.76. The Kier molecular flexibility index (Phi) is 65.4. The van der Waals surface area contributed by atoms with E-state index in [1.807, 2.05) is 6.08 Å². The molecule has 0 aromatic rings. The lowest BCUT2D eigenvalue weighted by molar-refractivity contribution is -0.143. The zero-order valence-electron chi connectivity index (χ0n) is 52.4. The molecule has 0 spiro atoms. The van der Waals surface area contributed by atoms with Crippen LogP contribution < -0.4 is 5.32 Å². The summed E-state index contributed by atoms with van der Waals surface area (Å²) in [4.78, 5) is 24.6. The summed E-state index contributed by atoms with van der Waals surface area (Å²) in [6.07, 6.45) is 87.6. The van der Waals surface area contributed by atoms with E-state index in [9.17, 15) is 19.8 Å². The van der Waals surface area contributed by atoms with Crippen LogP contribution in [0.5, 0.6) is 0 Å². The first kappa shape index (κ1) is 75.8. The van der Waals surface area contributed by atoms with Gasteiger partial charge in [0.1, 0.15) is 0 Å². The van der Waals surface area contributed by atoms with Gasteiger partial charge in [0, 0.05) is 12.8 Å². The quantitative estimate of drug-likeness (QED) is 0.0320. The van der Waals surface area contributed by atoms with Crippen LogP contribution >= 0.6 is 0 Å². The molecule has 2 unspecified atom stereocenters. The molecule has 0 heterocycles. The fraction of sp³-hybridized carbons (Fsp3) is 0.861. The average Bonchev–Trinajstić information content (AvgIpc) is 3.44. The van der Waals surface area contributed by atoms with Crippen LogP contribution in [0.3, 0.4) is 0 Å². The van der Waals surface area contributed by atoms with Gasteiger partial charge in [0.05, 0.1) is 25.4 Å². The monoisotopic (exact) mass is 1090 g/mol. The number of amides is 1. The van der Waals surface area contributed by atoms with Crippen molar-refractivity contribution in [2.24, 2.45) is 0 Å². The van der Waals surface area contributed by atoms with E-state index in [2.05, 4.69) is 55.6 Å². The van der Waals surface area contributed by atoms with E-state index >= 15 is 0 Å². The van der Waals surface area contributed by atoms with Crippen molar-refractivity contribution >= 4 is 11.9 Å². The molecule has 78 heavy (non-hydrogen) atoms. The normalized spacial score (nSPS) is 12.8. The summed E-state index contributed by atoms with van der Waals surface area (Å²) in [7, 11) is 0. The molecule has 0 saturated heterocycles.